The highest BCUT2D eigenvalue weighted by Crippen LogP contribution is 2.20. The van der Waals surface area contributed by atoms with Crippen molar-refractivity contribution in [3.8, 4) is 5.75 Å². The third kappa shape index (κ3) is 6.39. The fraction of sp³-hybridized carbons (Fsp3) is 0.562. The number of hydrogen-bond acceptors (Lipinski definition) is 3. The average Bonchev–Trinajstić information content (AvgIpc) is 2.44. The first-order valence-corrected chi connectivity index (χ1v) is 7.29. The second kappa shape index (κ2) is 8.68. The number of amides is 1. The van der Waals surface area contributed by atoms with Gasteiger partial charge in [-0.05, 0) is 29.5 Å². The number of alkyl halides is 2. The minimum Gasteiger partial charge on any atom is -0.435 e. The smallest absolute Gasteiger partial charge is 0.387 e. The lowest BCUT2D eigenvalue weighted by Gasteiger charge is -2.17. The lowest BCUT2D eigenvalue weighted by Crippen LogP contribution is -2.30. The van der Waals surface area contributed by atoms with Crippen LogP contribution in [0.4, 0.5) is 8.78 Å². The van der Waals surface area contributed by atoms with E-state index < -0.39 is 12.7 Å². The number of halogens is 2. The molecule has 22 heavy (non-hydrogen) atoms. The predicted molar refractivity (Wildman–Crippen MR) is 79.7 cm³/mol. The molecule has 2 unspecified atom stereocenters. The third-order valence-electron chi connectivity index (χ3n) is 3.61. The number of hydrogen-bond donors (Lipinski definition) is 2. The van der Waals surface area contributed by atoms with Crippen LogP contribution in [0, 0.1) is 11.8 Å². The van der Waals surface area contributed by atoms with Crippen molar-refractivity contribution < 1.29 is 23.4 Å². The minimum atomic E-state index is -2.91. The van der Waals surface area contributed by atoms with Crippen molar-refractivity contribution in [1.82, 2.24) is 5.32 Å². The zero-order valence-electron chi connectivity index (χ0n) is 13.1. The van der Waals surface area contributed by atoms with Gasteiger partial charge in [0.05, 0.1) is 6.10 Å². The van der Waals surface area contributed by atoms with E-state index in [0.717, 1.165) is 0 Å². The molecule has 4 nitrogen and oxygen atoms in total. The van der Waals surface area contributed by atoms with Crippen LogP contribution in [0.5, 0.6) is 5.75 Å². The van der Waals surface area contributed by atoms with Crippen molar-refractivity contribution in [2.45, 2.75) is 39.9 Å². The van der Waals surface area contributed by atoms with Gasteiger partial charge in [0.25, 0.3) is 0 Å². The van der Waals surface area contributed by atoms with E-state index in [1.54, 1.807) is 6.07 Å². The summed E-state index contributed by atoms with van der Waals surface area (Å²) in [7, 11) is 0. The molecule has 2 atom stereocenters. The van der Waals surface area contributed by atoms with Gasteiger partial charge >= 0.3 is 6.61 Å². The van der Waals surface area contributed by atoms with Gasteiger partial charge in [-0.15, -0.1) is 0 Å². The number of carbonyl (C=O) groups excluding carboxylic acids is 1. The third-order valence-corrected chi connectivity index (χ3v) is 3.61. The zero-order valence-corrected chi connectivity index (χ0v) is 13.1. The Labute approximate surface area is 129 Å². The van der Waals surface area contributed by atoms with Crippen LogP contribution in [0.2, 0.25) is 0 Å². The molecule has 1 amide bonds. The van der Waals surface area contributed by atoms with E-state index in [-0.39, 0.29) is 24.1 Å². The van der Waals surface area contributed by atoms with Crippen LogP contribution in [0.15, 0.2) is 24.3 Å². The summed E-state index contributed by atoms with van der Waals surface area (Å²) in [4.78, 5) is 11.8. The summed E-state index contributed by atoms with van der Waals surface area (Å²) in [5.41, 5.74) is 0.412. The first-order valence-electron chi connectivity index (χ1n) is 7.29. The summed E-state index contributed by atoms with van der Waals surface area (Å²) in [6.07, 6.45) is -0.585. The van der Waals surface area contributed by atoms with E-state index in [1.807, 2.05) is 20.8 Å². The van der Waals surface area contributed by atoms with Gasteiger partial charge < -0.3 is 15.2 Å². The Bertz CT molecular complexity index is 480. The van der Waals surface area contributed by atoms with E-state index in [4.69, 9.17) is 0 Å². The summed E-state index contributed by atoms with van der Waals surface area (Å²) in [6, 6.07) is 5.82. The molecule has 0 aliphatic heterocycles. The Morgan fingerprint density at radius 1 is 1.32 bits per heavy atom. The van der Waals surface area contributed by atoms with Crippen molar-refractivity contribution in [2.24, 2.45) is 11.8 Å². The lowest BCUT2D eigenvalue weighted by molar-refractivity contribution is -0.122. The molecule has 0 aliphatic carbocycles. The highest BCUT2D eigenvalue weighted by Gasteiger charge is 2.15. The predicted octanol–water partition coefficient (Wildman–Crippen LogP) is 3.12. The normalized spacial score (nSPS) is 14.0. The fourth-order valence-electron chi connectivity index (χ4n) is 1.83. The first-order chi connectivity index (χ1) is 10.3. The van der Waals surface area contributed by atoms with Crippen LogP contribution < -0.4 is 10.1 Å². The molecule has 0 saturated heterocycles. The van der Waals surface area contributed by atoms with E-state index in [9.17, 15) is 18.7 Å². The fourth-order valence-corrected chi connectivity index (χ4v) is 1.83. The second-order valence-corrected chi connectivity index (χ2v) is 5.70. The van der Waals surface area contributed by atoms with Crippen molar-refractivity contribution >= 4 is 5.91 Å². The highest BCUT2D eigenvalue weighted by atomic mass is 19.3. The van der Waals surface area contributed by atoms with E-state index in [0.29, 0.717) is 17.9 Å². The number of aliphatic hydroxyl groups is 1. The molecule has 0 spiro atoms. The van der Waals surface area contributed by atoms with Crippen LogP contribution >= 0.6 is 0 Å². The molecular formula is C16H23F2NO3. The number of nitrogens with one attached hydrogen (secondary N) is 1. The Balaban J connectivity index is 2.51. The molecule has 0 radical (unpaired) electrons. The topological polar surface area (TPSA) is 58.6 Å². The number of ether oxygens (including phenoxy) is 1. The molecule has 0 aromatic heterocycles. The molecule has 6 heteroatoms. The minimum absolute atomic E-state index is 0.0219. The second-order valence-electron chi connectivity index (χ2n) is 5.70. The lowest BCUT2D eigenvalue weighted by atomic mass is 9.94. The Hall–Kier alpha value is -1.69. The Morgan fingerprint density at radius 2 is 2.00 bits per heavy atom. The van der Waals surface area contributed by atoms with Crippen LogP contribution in [-0.4, -0.2) is 24.2 Å². The molecule has 0 aliphatic rings. The number of carbonyl (C=O) groups is 1. The molecule has 1 aromatic rings. The van der Waals surface area contributed by atoms with Gasteiger partial charge in [-0.1, -0.05) is 32.9 Å². The molecule has 0 heterocycles. The Kier molecular flexibility index (Phi) is 7.24. The molecule has 2 N–H and O–H groups in total. The summed E-state index contributed by atoms with van der Waals surface area (Å²) < 4.78 is 28.6. The van der Waals surface area contributed by atoms with Gasteiger partial charge in [-0.2, -0.15) is 8.78 Å². The maximum atomic E-state index is 12.2. The maximum Gasteiger partial charge on any atom is 0.387 e. The number of rotatable bonds is 8. The van der Waals surface area contributed by atoms with Crippen molar-refractivity contribution in [1.29, 1.82) is 0 Å². The number of benzene rings is 1. The van der Waals surface area contributed by atoms with Gasteiger partial charge in [0.1, 0.15) is 5.75 Å². The van der Waals surface area contributed by atoms with Gasteiger partial charge in [0.15, 0.2) is 0 Å². The first kappa shape index (κ1) is 18.4. The van der Waals surface area contributed by atoms with Crippen LogP contribution in [0.3, 0.4) is 0 Å². The van der Waals surface area contributed by atoms with Crippen molar-refractivity contribution in [3.63, 3.8) is 0 Å². The largest absolute Gasteiger partial charge is 0.435 e. The molecular weight excluding hydrogens is 292 g/mol. The number of aliphatic hydroxyl groups excluding tert-OH is 1. The van der Waals surface area contributed by atoms with E-state index in [1.165, 1.54) is 18.2 Å². The van der Waals surface area contributed by atoms with E-state index in [2.05, 4.69) is 10.1 Å². The standard InChI is InChI=1S/C16H23F2NO3/c1-10(2)11(3)7-15(21)19-9-14(20)12-5-4-6-13(8-12)22-16(17)18/h4-6,8,10-11,14,16,20H,7,9H2,1-3H3,(H,19,21). The summed E-state index contributed by atoms with van der Waals surface area (Å²) in [5.74, 6) is 0.491. The quantitative estimate of drug-likeness (QED) is 0.775. The van der Waals surface area contributed by atoms with Crippen LogP contribution in [-0.2, 0) is 4.79 Å². The van der Waals surface area contributed by atoms with Crippen LogP contribution in [0.1, 0.15) is 38.9 Å². The summed E-state index contributed by atoms with van der Waals surface area (Å²) >= 11 is 0. The molecule has 124 valence electrons. The zero-order chi connectivity index (χ0) is 16.7. The van der Waals surface area contributed by atoms with E-state index >= 15 is 0 Å². The van der Waals surface area contributed by atoms with Crippen LogP contribution in [0.25, 0.3) is 0 Å². The van der Waals surface area contributed by atoms with Gasteiger partial charge in [-0.3, -0.25) is 4.79 Å². The van der Waals surface area contributed by atoms with Crippen molar-refractivity contribution in [3.05, 3.63) is 29.8 Å². The SMILES string of the molecule is CC(C)C(C)CC(=O)NCC(O)c1cccc(OC(F)F)c1. The highest BCUT2D eigenvalue weighted by molar-refractivity contribution is 5.76. The monoisotopic (exact) mass is 315 g/mol. The van der Waals surface area contributed by atoms with Gasteiger partial charge in [-0.25, -0.2) is 0 Å². The Morgan fingerprint density at radius 3 is 2.59 bits per heavy atom. The summed E-state index contributed by atoms with van der Waals surface area (Å²) in [5, 5.41) is 12.7. The molecule has 1 rings (SSSR count). The van der Waals surface area contributed by atoms with Gasteiger partial charge in [0, 0.05) is 13.0 Å². The summed E-state index contributed by atoms with van der Waals surface area (Å²) in [6.45, 7) is 3.19. The molecule has 0 bridgehead atoms. The maximum absolute atomic E-state index is 12.2. The molecule has 0 fully saturated rings. The average molecular weight is 315 g/mol. The molecule has 0 saturated carbocycles. The molecule has 1 aromatic carbocycles. The van der Waals surface area contributed by atoms with Gasteiger partial charge in [0.2, 0.25) is 5.91 Å². The van der Waals surface area contributed by atoms with Crippen molar-refractivity contribution in [2.75, 3.05) is 6.54 Å².